The summed E-state index contributed by atoms with van der Waals surface area (Å²) in [7, 11) is 0. The number of amides is 1. The highest BCUT2D eigenvalue weighted by atomic mass is 35.5. The molecule has 1 saturated carbocycles. The van der Waals surface area contributed by atoms with Gasteiger partial charge in [-0.15, -0.1) is 0 Å². The Kier molecular flexibility index (Phi) is 5.21. The number of thiocarbonyl (C=S) groups is 1. The first-order chi connectivity index (χ1) is 11.0. The van der Waals surface area contributed by atoms with Crippen LogP contribution in [0.25, 0.3) is 6.08 Å². The molecule has 1 aliphatic heterocycles. The summed E-state index contributed by atoms with van der Waals surface area (Å²) in [6.07, 6.45) is 7.26. The average molecular weight is 388 g/mol. The van der Waals surface area contributed by atoms with Gasteiger partial charge in [0.1, 0.15) is 4.32 Å². The molecule has 0 aromatic heterocycles. The number of phenols is 1. The van der Waals surface area contributed by atoms with Gasteiger partial charge in [0.15, 0.2) is 5.75 Å². The highest BCUT2D eigenvalue weighted by molar-refractivity contribution is 8.26. The highest BCUT2D eigenvalue weighted by Crippen LogP contribution is 2.39. The van der Waals surface area contributed by atoms with Gasteiger partial charge < -0.3 is 5.11 Å². The quantitative estimate of drug-likeness (QED) is 0.556. The van der Waals surface area contributed by atoms with Gasteiger partial charge in [0.05, 0.1) is 15.0 Å². The van der Waals surface area contributed by atoms with Crippen LogP contribution in [0.15, 0.2) is 17.0 Å². The zero-order valence-corrected chi connectivity index (χ0v) is 15.4. The molecule has 0 unspecified atom stereocenters. The molecule has 0 spiro atoms. The number of phenolic OH excluding ortho intramolecular Hbond substituents is 1. The van der Waals surface area contributed by atoms with Gasteiger partial charge >= 0.3 is 0 Å². The zero-order chi connectivity index (χ0) is 16.6. The number of hydrogen-bond acceptors (Lipinski definition) is 4. The molecule has 1 amide bonds. The molecule has 7 heteroatoms. The molecule has 0 atom stereocenters. The number of carbonyl (C=O) groups excluding carboxylic acids is 1. The van der Waals surface area contributed by atoms with Crippen molar-refractivity contribution in [2.45, 2.75) is 38.1 Å². The van der Waals surface area contributed by atoms with Crippen LogP contribution in [0.1, 0.15) is 37.7 Å². The van der Waals surface area contributed by atoms with Crippen molar-refractivity contribution < 1.29 is 9.90 Å². The summed E-state index contributed by atoms with van der Waals surface area (Å²) in [5.74, 6) is -0.201. The molecule has 23 heavy (non-hydrogen) atoms. The predicted octanol–water partition coefficient (Wildman–Crippen LogP) is 5.23. The third-order valence-corrected chi connectivity index (χ3v) is 6.01. The van der Waals surface area contributed by atoms with Crippen LogP contribution in [0.3, 0.4) is 0 Å². The first kappa shape index (κ1) is 17.1. The fourth-order valence-electron chi connectivity index (χ4n) is 2.95. The van der Waals surface area contributed by atoms with Crippen molar-refractivity contribution in [3.8, 4) is 5.75 Å². The first-order valence-corrected chi connectivity index (χ1v) is 9.40. The second-order valence-electron chi connectivity index (χ2n) is 5.68. The lowest BCUT2D eigenvalue weighted by molar-refractivity contribution is -0.124. The van der Waals surface area contributed by atoms with Crippen molar-refractivity contribution in [3.05, 3.63) is 32.6 Å². The number of aromatic hydroxyl groups is 1. The number of hydrogen-bond donors (Lipinski definition) is 1. The van der Waals surface area contributed by atoms with E-state index in [1.807, 2.05) is 0 Å². The minimum atomic E-state index is -0.153. The van der Waals surface area contributed by atoms with Gasteiger partial charge in [-0.25, -0.2) is 0 Å². The van der Waals surface area contributed by atoms with Crippen LogP contribution in [0.2, 0.25) is 10.0 Å². The van der Waals surface area contributed by atoms with Crippen molar-refractivity contribution in [2.75, 3.05) is 0 Å². The van der Waals surface area contributed by atoms with Crippen molar-refractivity contribution in [3.63, 3.8) is 0 Å². The molecular weight excluding hydrogens is 373 g/mol. The smallest absolute Gasteiger partial charge is 0.266 e. The molecule has 1 aliphatic carbocycles. The fraction of sp³-hybridized carbons (Fsp3) is 0.375. The monoisotopic (exact) mass is 387 g/mol. The molecule has 3 rings (SSSR count). The number of benzene rings is 1. The van der Waals surface area contributed by atoms with E-state index in [9.17, 15) is 9.90 Å². The lowest BCUT2D eigenvalue weighted by Gasteiger charge is -2.29. The van der Waals surface area contributed by atoms with Crippen molar-refractivity contribution in [1.82, 2.24) is 4.90 Å². The molecular formula is C16H15Cl2NO2S2. The van der Waals surface area contributed by atoms with Gasteiger partial charge in [-0.2, -0.15) is 0 Å². The van der Waals surface area contributed by atoms with E-state index >= 15 is 0 Å². The highest BCUT2D eigenvalue weighted by Gasteiger charge is 2.37. The second kappa shape index (κ2) is 7.01. The molecule has 0 bridgehead atoms. The molecule has 1 aromatic carbocycles. The molecule has 0 radical (unpaired) electrons. The van der Waals surface area contributed by atoms with Crippen molar-refractivity contribution in [2.24, 2.45) is 0 Å². The largest absolute Gasteiger partial charge is 0.505 e. The van der Waals surface area contributed by atoms with Crippen LogP contribution in [0.5, 0.6) is 5.75 Å². The molecule has 1 aromatic rings. The topological polar surface area (TPSA) is 40.5 Å². The Morgan fingerprint density at radius 1 is 1.22 bits per heavy atom. The minimum Gasteiger partial charge on any atom is -0.505 e. The molecule has 122 valence electrons. The maximum Gasteiger partial charge on any atom is 0.266 e. The average Bonchev–Trinajstić information content (AvgIpc) is 2.80. The standard InChI is InChI=1S/C16H15Cl2NO2S2/c17-11-6-9(7-12(18)14(11)20)8-13-15(21)19(16(22)23-13)10-4-2-1-3-5-10/h6-8,10,20H,1-5H2/b13-8+. The fourth-order valence-corrected chi connectivity index (χ4v) is 4.86. The van der Waals surface area contributed by atoms with Gasteiger partial charge in [0, 0.05) is 6.04 Å². The Hall–Kier alpha value is -0.750. The number of thioether (sulfide) groups is 1. The van der Waals surface area contributed by atoms with Crippen molar-refractivity contribution >= 4 is 63.5 Å². The molecule has 1 N–H and O–H groups in total. The molecule has 1 saturated heterocycles. The Labute approximate surface area is 154 Å². The van der Waals surface area contributed by atoms with E-state index in [-0.39, 0.29) is 27.7 Å². The number of nitrogens with zero attached hydrogens (tertiary/aromatic N) is 1. The molecule has 1 heterocycles. The van der Waals surface area contributed by atoms with Crippen LogP contribution in [-0.4, -0.2) is 26.3 Å². The van der Waals surface area contributed by atoms with Crippen LogP contribution < -0.4 is 0 Å². The number of carbonyl (C=O) groups is 1. The van der Waals surface area contributed by atoms with E-state index < -0.39 is 0 Å². The summed E-state index contributed by atoms with van der Waals surface area (Å²) in [4.78, 5) is 15.0. The Balaban J connectivity index is 1.86. The molecule has 2 aliphatic rings. The van der Waals surface area contributed by atoms with E-state index in [1.54, 1.807) is 23.1 Å². The van der Waals surface area contributed by atoms with Gasteiger partial charge in [-0.3, -0.25) is 9.69 Å². The number of halogens is 2. The van der Waals surface area contributed by atoms with Gasteiger partial charge in [-0.1, -0.05) is 66.4 Å². The molecule has 3 nitrogen and oxygen atoms in total. The van der Waals surface area contributed by atoms with Crippen molar-refractivity contribution in [1.29, 1.82) is 0 Å². The third kappa shape index (κ3) is 3.53. The lowest BCUT2D eigenvalue weighted by atomic mass is 9.94. The Morgan fingerprint density at radius 3 is 2.43 bits per heavy atom. The lowest BCUT2D eigenvalue weighted by Crippen LogP contribution is -2.39. The molecule has 2 fully saturated rings. The maximum absolute atomic E-state index is 12.7. The summed E-state index contributed by atoms with van der Waals surface area (Å²) in [6, 6.07) is 3.38. The second-order valence-corrected chi connectivity index (χ2v) is 8.17. The van der Waals surface area contributed by atoms with E-state index in [0.29, 0.717) is 14.8 Å². The van der Waals surface area contributed by atoms with Gasteiger partial charge in [0.25, 0.3) is 5.91 Å². The predicted molar refractivity (Wildman–Crippen MR) is 100 cm³/mol. The normalized spacial score (nSPS) is 21.5. The summed E-state index contributed by atoms with van der Waals surface area (Å²) >= 11 is 18.6. The van der Waals surface area contributed by atoms with Crippen LogP contribution in [0, 0.1) is 0 Å². The van der Waals surface area contributed by atoms with Gasteiger partial charge in [0.2, 0.25) is 0 Å². The Morgan fingerprint density at radius 2 is 1.83 bits per heavy atom. The summed E-state index contributed by atoms with van der Waals surface area (Å²) in [6.45, 7) is 0. The van der Waals surface area contributed by atoms with E-state index in [1.165, 1.54) is 18.2 Å². The van der Waals surface area contributed by atoms with Crippen LogP contribution >= 0.6 is 47.2 Å². The first-order valence-electron chi connectivity index (χ1n) is 7.42. The SMILES string of the molecule is O=C1/C(=C\c2cc(Cl)c(O)c(Cl)c2)SC(=S)N1C1CCCCC1. The van der Waals surface area contributed by atoms with Gasteiger partial charge in [-0.05, 0) is 36.6 Å². The van der Waals surface area contributed by atoms with Crippen LogP contribution in [0.4, 0.5) is 0 Å². The van der Waals surface area contributed by atoms with E-state index in [2.05, 4.69) is 0 Å². The van der Waals surface area contributed by atoms with Crippen LogP contribution in [-0.2, 0) is 4.79 Å². The summed E-state index contributed by atoms with van der Waals surface area (Å²) < 4.78 is 0.615. The number of rotatable bonds is 2. The summed E-state index contributed by atoms with van der Waals surface area (Å²) in [5, 5.41) is 9.93. The van der Waals surface area contributed by atoms with E-state index in [4.69, 9.17) is 35.4 Å². The Bertz CT molecular complexity index is 676. The maximum atomic E-state index is 12.7. The summed E-state index contributed by atoms with van der Waals surface area (Å²) in [5.41, 5.74) is 0.668. The third-order valence-electron chi connectivity index (χ3n) is 4.10. The van der Waals surface area contributed by atoms with E-state index in [0.717, 1.165) is 25.7 Å². The minimum absolute atomic E-state index is 0.0489. The zero-order valence-electron chi connectivity index (χ0n) is 12.2.